The molecule has 0 spiro atoms. The molecule has 0 aliphatic heterocycles. The lowest BCUT2D eigenvalue weighted by molar-refractivity contribution is -0.142. The Morgan fingerprint density at radius 3 is 2.52 bits per heavy atom. The molecule has 0 aliphatic rings. The van der Waals surface area contributed by atoms with Gasteiger partial charge in [-0.15, -0.1) is 0 Å². The van der Waals surface area contributed by atoms with Crippen molar-refractivity contribution in [1.82, 2.24) is 0 Å². The summed E-state index contributed by atoms with van der Waals surface area (Å²) in [5.41, 5.74) is -0.991. The summed E-state index contributed by atoms with van der Waals surface area (Å²) in [6.45, 7) is 5.24. The first-order valence-electron chi connectivity index (χ1n) is 7.56. The molecule has 1 aromatic carbocycles. The molecule has 0 amide bonds. The van der Waals surface area contributed by atoms with Gasteiger partial charge in [0.2, 0.25) is 0 Å². The summed E-state index contributed by atoms with van der Waals surface area (Å²) in [7, 11) is 0. The fraction of sp³-hybridized carbons (Fsp3) is 0.529. The number of benzene rings is 1. The van der Waals surface area contributed by atoms with E-state index in [1.807, 2.05) is 6.92 Å². The largest absolute Gasteiger partial charge is 0.508 e. The van der Waals surface area contributed by atoms with Crippen LogP contribution in [0, 0.1) is 5.92 Å². The Labute approximate surface area is 135 Å². The number of rotatable bonds is 8. The van der Waals surface area contributed by atoms with Crippen LogP contribution in [-0.4, -0.2) is 33.9 Å². The topological polar surface area (TPSA) is 104 Å². The predicted molar refractivity (Wildman–Crippen MR) is 84.3 cm³/mol. The molecule has 0 saturated carbocycles. The number of aliphatic hydroxyl groups is 1. The zero-order chi connectivity index (χ0) is 17.6. The van der Waals surface area contributed by atoms with Gasteiger partial charge in [-0.25, -0.2) is 4.79 Å². The van der Waals surface area contributed by atoms with E-state index in [9.17, 15) is 19.8 Å². The van der Waals surface area contributed by atoms with E-state index in [-0.39, 0.29) is 23.2 Å². The van der Waals surface area contributed by atoms with E-state index in [0.29, 0.717) is 25.0 Å². The monoisotopic (exact) mass is 324 g/mol. The molecule has 0 fully saturated rings. The first-order valence-corrected chi connectivity index (χ1v) is 7.56. The van der Waals surface area contributed by atoms with Crippen molar-refractivity contribution < 1.29 is 29.6 Å². The second kappa shape index (κ2) is 7.97. The fourth-order valence-electron chi connectivity index (χ4n) is 2.39. The second-order valence-corrected chi connectivity index (χ2v) is 6.11. The maximum absolute atomic E-state index is 10.9. The molecule has 6 nitrogen and oxygen atoms in total. The highest BCUT2D eigenvalue weighted by molar-refractivity contribution is 5.88. The van der Waals surface area contributed by atoms with E-state index >= 15 is 0 Å². The first-order chi connectivity index (χ1) is 10.6. The van der Waals surface area contributed by atoms with Gasteiger partial charge in [0, 0.05) is 12.5 Å². The number of esters is 1. The minimum Gasteiger partial charge on any atom is -0.508 e. The molecule has 3 N–H and O–H groups in total. The lowest BCUT2D eigenvalue weighted by atomic mass is 9.88. The van der Waals surface area contributed by atoms with Crippen LogP contribution < -0.4 is 0 Å². The summed E-state index contributed by atoms with van der Waals surface area (Å²) >= 11 is 0. The third kappa shape index (κ3) is 5.90. The molecule has 0 aromatic heterocycles. The number of carboxylic acid groups (broad SMARTS) is 1. The summed E-state index contributed by atoms with van der Waals surface area (Å²) < 4.78 is 4.93. The van der Waals surface area contributed by atoms with Gasteiger partial charge in [0.25, 0.3) is 0 Å². The van der Waals surface area contributed by atoms with Crippen LogP contribution in [0.3, 0.4) is 0 Å². The predicted octanol–water partition coefficient (Wildman–Crippen LogP) is 2.67. The average molecular weight is 324 g/mol. The van der Waals surface area contributed by atoms with E-state index in [4.69, 9.17) is 9.84 Å². The molecule has 0 aliphatic carbocycles. The minimum absolute atomic E-state index is 0.0305. The van der Waals surface area contributed by atoms with Gasteiger partial charge in [-0.3, -0.25) is 4.79 Å². The smallest absolute Gasteiger partial charge is 0.335 e. The Balaban J connectivity index is 2.62. The number of carbonyl (C=O) groups excluding carboxylic acids is 1. The number of aromatic hydroxyl groups is 1. The van der Waals surface area contributed by atoms with Gasteiger partial charge in [0.1, 0.15) is 5.75 Å². The highest BCUT2D eigenvalue weighted by Crippen LogP contribution is 2.34. The Kier molecular flexibility index (Phi) is 6.57. The standard InChI is InChI=1S/C17H24O6/c1-11(10-23-12(2)18)5-4-8-17(3,22)14-7-6-13(16(20)21)9-15(14)19/h6-7,9,11,19,22H,4-5,8,10H2,1-3H3,(H,20,21)/t11-,17+/m1/s1. The van der Waals surface area contributed by atoms with Crippen molar-refractivity contribution in [1.29, 1.82) is 0 Å². The number of ether oxygens (including phenoxy) is 1. The van der Waals surface area contributed by atoms with Gasteiger partial charge in [0.15, 0.2) is 0 Å². The van der Waals surface area contributed by atoms with Gasteiger partial charge in [0.05, 0.1) is 17.8 Å². The van der Waals surface area contributed by atoms with Crippen LogP contribution in [0.25, 0.3) is 0 Å². The molecular formula is C17H24O6. The molecule has 0 radical (unpaired) electrons. The van der Waals surface area contributed by atoms with Gasteiger partial charge >= 0.3 is 11.9 Å². The Morgan fingerprint density at radius 1 is 1.35 bits per heavy atom. The quantitative estimate of drug-likeness (QED) is 0.635. The van der Waals surface area contributed by atoms with Crippen LogP contribution in [0.4, 0.5) is 0 Å². The van der Waals surface area contributed by atoms with Gasteiger partial charge in [-0.2, -0.15) is 0 Å². The van der Waals surface area contributed by atoms with Crippen LogP contribution in [0.5, 0.6) is 5.75 Å². The molecule has 6 heteroatoms. The maximum atomic E-state index is 10.9. The maximum Gasteiger partial charge on any atom is 0.335 e. The molecule has 0 unspecified atom stereocenters. The highest BCUT2D eigenvalue weighted by Gasteiger charge is 2.26. The summed E-state index contributed by atoms with van der Waals surface area (Å²) in [5, 5.41) is 29.4. The van der Waals surface area contributed by atoms with E-state index in [1.165, 1.54) is 19.1 Å². The van der Waals surface area contributed by atoms with Crippen molar-refractivity contribution in [3.8, 4) is 5.75 Å². The number of aromatic carboxylic acids is 1. The normalized spacial score (nSPS) is 14.8. The van der Waals surface area contributed by atoms with Crippen molar-refractivity contribution in [2.75, 3.05) is 6.61 Å². The lowest BCUT2D eigenvalue weighted by Crippen LogP contribution is -2.22. The van der Waals surface area contributed by atoms with Gasteiger partial charge < -0.3 is 20.1 Å². The number of carbonyl (C=O) groups is 2. The molecule has 23 heavy (non-hydrogen) atoms. The van der Waals surface area contributed by atoms with E-state index < -0.39 is 11.6 Å². The molecular weight excluding hydrogens is 300 g/mol. The molecule has 0 bridgehead atoms. The first kappa shape index (κ1) is 19.0. The van der Waals surface area contributed by atoms with Crippen molar-refractivity contribution in [3.63, 3.8) is 0 Å². The Bertz CT molecular complexity index is 564. The van der Waals surface area contributed by atoms with Crippen molar-refractivity contribution in [2.45, 2.75) is 45.6 Å². The molecule has 1 aromatic rings. The fourth-order valence-corrected chi connectivity index (χ4v) is 2.39. The van der Waals surface area contributed by atoms with Gasteiger partial charge in [-0.1, -0.05) is 13.0 Å². The molecule has 0 heterocycles. The van der Waals surface area contributed by atoms with Crippen LogP contribution in [0.1, 0.15) is 56.0 Å². The summed E-state index contributed by atoms with van der Waals surface area (Å²) in [5.74, 6) is -1.50. The highest BCUT2D eigenvalue weighted by atomic mass is 16.5. The summed E-state index contributed by atoms with van der Waals surface area (Å²) in [4.78, 5) is 21.6. The third-order valence-electron chi connectivity index (χ3n) is 3.76. The summed E-state index contributed by atoms with van der Waals surface area (Å²) in [6, 6.07) is 3.92. The summed E-state index contributed by atoms with van der Waals surface area (Å²) in [6.07, 6.45) is 1.84. The van der Waals surface area contributed by atoms with Crippen LogP contribution >= 0.6 is 0 Å². The second-order valence-electron chi connectivity index (χ2n) is 6.11. The number of phenolic OH excluding ortho intramolecular Hbond substituents is 1. The minimum atomic E-state index is -1.26. The third-order valence-corrected chi connectivity index (χ3v) is 3.76. The molecule has 0 saturated heterocycles. The van der Waals surface area contributed by atoms with Crippen LogP contribution in [0.2, 0.25) is 0 Å². The molecule has 2 atom stereocenters. The number of hydrogen-bond acceptors (Lipinski definition) is 5. The van der Waals surface area contributed by atoms with Crippen molar-refractivity contribution >= 4 is 11.9 Å². The zero-order valence-electron chi connectivity index (χ0n) is 13.7. The van der Waals surface area contributed by atoms with Crippen molar-refractivity contribution in [3.05, 3.63) is 29.3 Å². The van der Waals surface area contributed by atoms with E-state index in [0.717, 1.165) is 12.5 Å². The number of phenols is 1. The molecule has 1 rings (SSSR count). The van der Waals surface area contributed by atoms with E-state index in [1.54, 1.807) is 6.92 Å². The number of hydrogen-bond donors (Lipinski definition) is 3. The lowest BCUT2D eigenvalue weighted by Gasteiger charge is -2.25. The van der Waals surface area contributed by atoms with Crippen LogP contribution in [-0.2, 0) is 15.1 Å². The van der Waals surface area contributed by atoms with Crippen molar-refractivity contribution in [2.24, 2.45) is 5.92 Å². The molecule has 128 valence electrons. The van der Waals surface area contributed by atoms with Crippen LogP contribution in [0.15, 0.2) is 18.2 Å². The Hall–Kier alpha value is -2.08. The average Bonchev–Trinajstić information content (AvgIpc) is 2.44. The SMILES string of the molecule is CC(=O)OC[C@H](C)CCC[C@](C)(O)c1ccc(C(=O)O)cc1O. The Morgan fingerprint density at radius 2 is 2.00 bits per heavy atom. The number of carboxylic acids is 1. The van der Waals surface area contributed by atoms with E-state index in [2.05, 4.69) is 0 Å². The van der Waals surface area contributed by atoms with Gasteiger partial charge in [-0.05, 0) is 44.2 Å². The zero-order valence-corrected chi connectivity index (χ0v) is 13.7.